The smallest absolute Gasteiger partial charge is 0.178 e. The zero-order valence-electron chi connectivity index (χ0n) is 13.7. The minimum absolute atomic E-state index is 0.244. The van der Waals surface area contributed by atoms with Gasteiger partial charge in [0.1, 0.15) is 0 Å². The first-order valence-electron chi connectivity index (χ1n) is 8.08. The van der Waals surface area contributed by atoms with Gasteiger partial charge in [-0.15, -0.1) is 0 Å². The Morgan fingerprint density at radius 3 is 2.32 bits per heavy atom. The Labute approximate surface area is 132 Å². The molecule has 2 heterocycles. The van der Waals surface area contributed by atoms with Crippen LogP contribution >= 0.6 is 0 Å². The molecular weight excluding hydrogens is 272 g/mol. The molecule has 0 saturated carbocycles. The van der Waals surface area contributed by atoms with E-state index in [1.54, 1.807) is 0 Å². The van der Waals surface area contributed by atoms with Crippen molar-refractivity contribution in [1.82, 2.24) is 9.47 Å². The summed E-state index contributed by atoms with van der Waals surface area (Å²) in [6, 6.07) is 10.5. The number of Topliss-reactive ketones (excluding diaryl/α,β-unsaturated/α-hetero) is 1. The molecule has 0 unspecified atom stereocenters. The van der Waals surface area contributed by atoms with E-state index < -0.39 is 0 Å². The second-order valence-electron chi connectivity index (χ2n) is 6.36. The molecule has 3 rings (SSSR count). The molecule has 1 aromatic carbocycles. The van der Waals surface area contributed by atoms with Gasteiger partial charge < -0.3 is 4.57 Å². The summed E-state index contributed by atoms with van der Waals surface area (Å²) in [5.74, 6) is 0.244. The first-order chi connectivity index (χ1) is 10.6. The summed E-state index contributed by atoms with van der Waals surface area (Å²) >= 11 is 0. The van der Waals surface area contributed by atoms with Crippen molar-refractivity contribution >= 4 is 5.78 Å². The lowest BCUT2D eigenvalue weighted by Gasteiger charge is -2.14. The van der Waals surface area contributed by atoms with E-state index in [0.717, 1.165) is 35.7 Å². The molecule has 1 aliphatic heterocycles. The normalized spacial score (nSPS) is 15.4. The van der Waals surface area contributed by atoms with Crippen LogP contribution in [0.25, 0.3) is 5.69 Å². The molecule has 1 fully saturated rings. The Morgan fingerprint density at radius 2 is 1.68 bits per heavy atom. The summed E-state index contributed by atoms with van der Waals surface area (Å²) < 4.78 is 2.18. The van der Waals surface area contributed by atoms with Crippen LogP contribution in [0, 0.1) is 20.8 Å². The van der Waals surface area contributed by atoms with E-state index in [-0.39, 0.29) is 5.78 Å². The van der Waals surface area contributed by atoms with Crippen molar-refractivity contribution in [3.05, 3.63) is 52.8 Å². The van der Waals surface area contributed by atoms with Gasteiger partial charge >= 0.3 is 0 Å². The predicted octanol–water partition coefficient (Wildman–Crippen LogP) is 3.68. The molecule has 0 spiro atoms. The number of carbonyl (C=O) groups is 1. The fraction of sp³-hybridized carbons (Fsp3) is 0.421. The average molecular weight is 296 g/mol. The van der Waals surface area contributed by atoms with Crippen molar-refractivity contribution in [2.75, 3.05) is 19.6 Å². The van der Waals surface area contributed by atoms with E-state index in [0.29, 0.717) is 6.54 Å². The third-order valence-corrected chi connectivity index (χ3v) is 4.59. The van der Waals surface area contributed by atoms with Crippen LogP contribution in [0.2, 0.25) is 0 Å². The van der Waals surface area contributed by atoms with Gasteiger partial charge in [0, 0.05) is 22.6 Å². The molecule has 0 N–H and O–H groups in total. The number of hydrogen-bond acceptors (Lipinski definition) is 2. The molecule has 0 aliphatic carbocycles. The van der Waals surface area contributed by atoms with Gasteiger partial charge in [-0.3, -0.25) is 9.69 Å². The number of aryl methyl sites for hydroxylation is 2. The van der Waals surface area contributed by atoms with E-state index in [1.165, 1.54) is 18.4 Å². The third-order valence-electron chi connectivity index (χ3n) is 4.59. The Hall–Kier alpha value is -1.87. The summed E-state index contributed by atoms with van der Waals surface area (Å²) in [5.41, 5.74) is 5.40. The number of likely N-dealkylation sites (tertiary alicyclic amines) is 1. The standard InChI is InChI=1S/C19H24N2O/c1-14-6-8-17(9-7-14)21-15(2)12-18(16(21)3)19(22)13-20-10-4-5-11-20/h6-9,12H,4-5,10-11,13H2,1-3H3. The summed E-state index contributed by atoms with van der Waals surface area (Å²) in [6.07, 6.45) is 2.44. The largest absolute Gasteiger partial charge is 0.318 e. The quantitative estimate of drug-likeness (QED) is 0.804. The number of hydrogen-bond donors (Lipinski definition) is 0. The highest BCUT2D eigenvalue weighted by atomic mass is 16.1. The van der Waals surface area contributed by atoms with Crippen LogP contribution in [0.3, 0.4) is 0 Å². The lowest BCUT2D eigenvalue weighted by molar-refractivity contribution is 0.0944. The maximum absolute atomic E-state index is 12.6. The van der Waals surface area contributed by atoms with Crippen LogP contribution in [0.15, 0.2) is 30.3 Å². The van der Waals surface area contributed by atoms with E-state index in [4.69, 9.17) is 0 Å². The first kappa shape index (κ1) is 15.0. The van der Waals surface area contributed by atoms with Crippen LogP contribution < -0.4 is 0 Å². The summed E-state index contributed by atoms with van der Waals surface area (Å²) in [6.45, 7) is 8.87. The van der Waals surface area contributed by atoms with Crippen LogP contribution in [-0.4, -0.2) is 34.9 Å². The van der Waals surface area contributed by atoms with Crippen LogP contribution in [-0.2, 0) is 0 Å². The average Bonchev–Trinajstić information content (AvgIpc) is 3.09. The summed E-state index contributed by atoms with van der Waals surface area (Å²) in [5, 5.41) is 0. The van der Waals surface area contributed by atoms with Crippen molar-refractivity contribution in [1.29, 1.82) is 0 Å². The highest BCUT2D eigenvalue weighted by molar-refractivity contribution is 5.99. The van der Waals surface area contributed by atoms with Crippen molar-refractivity contribution in [2.24, 2.45) is 0 Å². The molecule has 0 atom stereocenters. The molecule has 22 heavy (non-hydrogen) atoms. The fourth-order valence-corrected chi connectivity index (χ4v) is 3.37. The zero-order valence-corrected chi connectivity index (χ0v) is 13.7. The Balaban J connectivity index is 1.89. The number of benzene rings is 1. The molecule has 1 saturated heterocycles. The van der Waals surface area contributed by atoms with Crippen molar-refractivity contribution in [2.45, 2.75) is 33.6 Å². The maximum Gasteiger partial charge on any atom is 0.178 e. The molecule has 3 nitrogen and oxygen atoms in total. The van der Waals surface area contributed by atoms with Crippen molar-refractivity contribution in [3.8, 4) is 5.69 Å². The second kappa shape index (κ2) is 6.09. The van der Waals surface area contributed by atoms with Crippen LogP contribution in [0.4, 0.5) is 0 Å². The molecular formula is C19H24N2O. The van der Waals surface area contributed by atoms with Gasteiger partial charge in [-0.25, -0.2) is 0 Å². The number of aromatic nitrogens is 1. The lowest BCUT2D eigenvalue weighted by atomic mass is 10.1. The first-order valence-corrected chi connectivity index (χ1v) is 8.08. The SMILES string of the molecule is Cc1ccc(-n2c(C)cc(C(=O)CN3CCCC3)c2C)cc1. The Kier molecular flexibility index (Phi) is 4.16. The maximum atomic E-state index is 12.6. The molecule has 1 aromatic heterocycles. The number of nitrogens with zero attached hydrogens (tertiary/aromatic N) is 2. The number of ketones is 1. The summed E-state index contributed by atoms with van der Waals surface area (Å²) in [7, 11) is 0. The number of rotatable bonds is 4. The second-order valence-corrected chi connectivity index (χ2v) is 6.36. The van der Waals surface area contributed by atoms with Crippen molar-refractivity contribution < 1.29 is 4.79 Å². The molecule has 3 heteroatoms. The van der Waals surface area contributed by atoms with Gasteiger partial charge in [-0.05, 0) is 64.9 Å². The van der Waals surface area contributed by atoms with Gasteiger partial charge in [0.25, 0.3) is 0 Å². The van der Waals surface area contributed by atoms with Gasteiger partial charge in [0.15, 0.2) is 5.78 Å². The van der Waals surface area contributed by atoms with Gasteiger partial charge in [-0.1, -0.05) is 17.7 Å². The molecule has 116 valence electrons. The topological polar surface area (TPSA) is 25.2 Å². The van der Waals surface area contributed by atoms with Gasteiger partial charge in [0.05, 0.1) is 6.54 Å². The summed E-state index contributed by atoms with van der Waals surface area (Å²) in [4.78, 5) is 14.9. The third kappa shape index (κ3) is 2.86. The van der Waals surface area contributed by atoms with Crippen molar-refractivity contribution in [3.63, 3.8) is 0 Å². The molecule has 2 aromatic rings. The van der Waals surface area contributed by atoms with E-state index in [1.807, 2.05) is 13.0 Å². The van der Waals surface area contributed by atoms with Gasteiger partial charge in [0.2, 0.25) is 0 Å². The number of carbonyl (C=O) groups excluding carboxylic acids is 1. The molecule has 1 aliphatic rings. The van der Waals surface area contributed by atoms with Crippen LogP contribution in [0.1, 0.15) is 40.2 Å². The minimum Gasteiger partial charge on any atom is -0.318 e. The Morgan fingerprint density at radius 1 is 1.05 bits per heavy atom. The minimum atomic E-state index is 0.244. The van der Waals surface area contributed by atoms with Gasteiger partial charge in [-0.2, -0.15) is 0 Å². The fourth-order valence-electron chi connectivity index (χ4n) is 3.37. The monoisotopic (exact) mass is 296 g/mol. The highest BCUT2D eigenvalue weighted by Gasteiger charge is 2.20. The zero-order chi connectivity index (χ0) is 15.7. The molecule has 0 bridgehead atoms. The van der Waals surface area contributed by atoms with Crippen LogP contribution in [0.5, 0.6) is 0 Å². The highest BCUT2D eigenvalue weighted by Crippen LogP contribution is 2.22. The molecule has 0 radical (unpaired) electrons. The molecule has 0 amide bonds. The van der Waals surface area contributed by atoms with E-state index in [2.05, 4.69) is 47.6 Å². The Bertz CT molecular complexity index is 676. The van der Waals surface area contributed by atoms with E-state index >= 15 is 0 Å². The lowest BCUT2D eigenvalue weighted by Crippen LogP contribution is -2.27. The predicted molar refractivity (Wildman–Crippen MR) is 90.0 cm³/mol. The van der Waals surface area contributed by atoms with E-state index in [9.17, 15) is 4.79 Å².